The molecule has 0 fully saturated rings. The molecule has 1 N–H and O–H groups in total. The summed E-state index contributed by atoms with van der Waals surface area (Å²) in [6.45, 7) is 4.01. The summed E-state index contributed by atoms with van der Waals surface area (Å²) in [5, 5.41) is 8.65. The zero-order valence-corrected chi connectivity index (χ0v) is 7.42. The minimum absolute atomic E-state index is 0.108. The number of aliphatic hydroxyl groups excluding tert-OH is 1. The van der Waals surface area contributed by atoms with Crippen LogP contribution in [0, 0.1) is 0 Å². The number of hydrogen-bond acceptors (Lipinski definition) is 2. The molecule has 0 atom stereocenters. The number of ether oxygens (including phenoxy) is 1. The fourth-order valence-corrected chi connectivity index (χ4v) is 0.618. The van der Waals surface area contributed by atoms with Crippen molar-refractivity contribution < 1.29 is 9.84 Å². The fraction of sp³-hybridized carbons (Fsp3) is 0.556. The predicted octanol–water partition coefficient (Wildman–Crippen LogP) is 1.87. The Labute approximate surface area is 68.2 Å². The van der Waals surface area contributed by atoms with Crippen LogP contribution < -0.4 is 0 Å². The average Bonchev–Trinajstić information content (AvgIpc) is 2.06. The quantitative estimate of drug-likeness (QED) is 0.497. The van der Waals surface area contributed by atoms with Crippen LogP contribution in [0.3, 0.4) is 0 Å². The largest absolute Gasteiger partial charge is 0.501 e. The van der Waals surface area contributed by atoms with Crippen LogP contribution in [0.15, 0.2) is 23.5 Å². The van der Waals surface area contributed by atoms with E-state index in [-0.39, 0.29) is 6.61 Å². The van der Waals surface area contributed by atoms with E-state index < -0.39 is 0 Å². The van der Waals surface area contributed by atoms with E-state index in [9.17, 15) is 0 Å². The van der Waals surface area contributed by atoms with Crippen molar-refractivity contribution in [2.45, 2.75) is 20.3 Å². The zero-order valence-electron chi connectivity index (χ0n) is 7.42. The standard InChI is InChI=1S/C9H16O2/c1-4-9(11-3)6-5-8(2)7-10/h5-6,10H,4,7H2,1-3H3/b8-5-,9-6+. The molecule has 0 aliphatic carbocycles. The van der Waals surface area contributed by atoms with Gasteiger partial charge in [0.2, 0.25) is 0 Å². The topological polar surface area (TPSA) is 29.5 Å². The molecule has 0 spiro atoms. The Morgan fingerprint density at radius 2 is 2.09 bits per heavy atom. The molecule has 0 saturated heterocycles. The SMILES string of the molecule is CC/C(=C\C=C(\C)CO)OC. The van der Waals surface area contributed by atoms with Crippen LogP contribution in [-0.4, -0.2) is 18.8 Å². The smallest absolute Gasteiger partial charge is 0.0952 e. The summed E-state index contributed by atoms with van der Waals surface area (Å²) in [7, 11) is 1.65. The summed E-state index contributed by atoms with van der Waals surface area (Å²) in [6, 6.07) is 0. The van der Waals surface area contributed by atoms with Crippen LogP contribution in [-0.2, 0) is 4.74 Å². The maximum absolute atomic E-state index is 8.65. The minimum atomic E-state index is 0.108. The molecule has 0 aliphatic heterocycles. The second kappa shape index (κ2) is 5.98. The first kappa shape index (κ1) is 10.2. The monoisotopic (exact) mass is 156 g/mol. The third-order valence-corrected chi connectivity index (χ3v) is 1.41. The number of rotatable bonds is 4. The molecular weight excluding hydrogens is 140 g/mol. The highest BCUT2D eigenvalue weighted by Gasteiger charge is 1.88. The Balaban J connectivity index is 4.06. The van der Waals surface area contributed by atoms with Crippen molar-refractivity contribution in [3.05, 3.63) is 23.5 Å². The second-order valence-corrected chi connectivity index (χ2v) is 2.36. The summed E-state index contributed by atoms with van der Waals surface area (Å²) in [5.74, 6) is 0.929. The third-order valence-electron chi connectivity index (χ3n) is 1.41. The van der Waals surface area contributed by atoms with Gasteiger partial charge < -0.3 is 9.84 Å². The van der Waals surface area contributed by atoms with Gasteiger partial charge in [0.1, 0.15) is 0 Å². The van der Waals surface area contributed by atoms with E-state index in [1.165, 1.54) is 0 Å². The number of aliphatic hydroxyl groups is 1. The second-order valence-electron chi connectivity index (χ2n) is 2.36. The van der Waals surface area contributed by atoms with Crippen LogP contribution in [0.4, 0.5) is 0 Å². The molecule has 0 rings (SSSR count). The first-order chi connectivity index (χ1) is 5.24. The molecule has 2 heteroatoms. The molecule has 0 radical (unpaired) electrons. The zero-order chi connectivity index (χ0) is 8.69. The van der Waals surface area contributed by atoms with Crippen molar-refractivity contribution >= 4 is 0 Å². The van der Waals surface area contributed by atoms with Crippen molar-refractivity contribution in [3.63, 3.8) is 0 Å². The maximum Gasteiger partial charge on any atom is 0.0952 e. The van der Waals surface area contributed by atoms with E-state index in [4.69, 9.17) is 9.84 Å². The molecule has 0 saturated carbocycles. The number of allylic oxidation sites excluding steroid dienone is 3. The lowest BCUT2D eigenvalue weighted by Crippen LogP contribution is -1.85. The van der Waals surface area contributed by atoms with Gasteiger partial charge >= 0.3 is 0 Å². The minimum Gasteiger partial charge on any atom is -0.501 e. The highest BCUT2D eigenvalue weighted by Crippen LogP contribution is 2.02. The molecule has 64 valence electrons. The van der Waals surface area contributed by atoms with E-state index in [0.29, 0.717) is 0 Å². The lowest BCUT2D eigenvalue weighted by atomic mass is 10.2. The molecule has 0 bridgehead atoms. The van der Waals surface area contributed by atoms with Gasteiger partial charge in [-0.3, -0.25) is 0 Å². The average molecular weight is 156 g/mol. The van der Waals surface area contributed by atoms with Gasteiger partial charge in [0.05, 0.1) is 19.5 Å². The van der Waals surface area contributed by atoms with Crippen LogP contribution in [0.5, 0.6) is 0 Å². The van der Waals surface area contributed by atoms with Crippen LogP contribution in [0.25, 0.3) is 0 Å². The van der Waals surface area contributed by atoms with Gasteiger partial charge in [-0.15, -0.1) is 0 Å². The molecule has 0 aromatic heterocycles. The fourth-order valence-electron chi connectivity index (χ4n) is 0.618. The van der Waals surface area contributed by atoms with Gasteiger partial charge in [-0.1, -0.05) is 13.0 Å². The van der Waals surface area contributed by atoms with E-state index in [2.05, 4.69) is 0 Å². The van der Waals surface area contributed by atoms with E-state index in [1.54, 1.807) is 7.11 Å². The molecule has 0 aromatic rings. The molecule has 2 nitrogen and oxygen atoms in total. The highest BCUT2D eigenvalue weighted by atomic mass is 16.5. The molecule has 11 heavy (non-hydrogen) atoms. The van der Waals surface area contributed by atoms with Crippen molar-refractivity contribution in [3.8, 4) is 0 Å². The maximum atomic E-state index is 8.65. The molecule has 0 aliphatic rings. The lowest BCUT2D eigenvalue weighted by molar-refractivity contribution is 0.280. The Morgan fingerprint density at radius 1 is 1.45 bits per heavy atom. The number of hydrogen-bond donors (Lipinski definition) is 1. The summed E-state index contributed by atoms with van der Waals surface area (Å²) in [6.07, 6.45) is 4.62. The highest BCUT2D eigenvalue weighted by molar-refractivity contribution is 5.13. The normalized spacial score (nSPS) is 13.5. The summed E-state index contributed by atoms with van der Waals surface area (Å²) < 4.78 is 5.03. The molecule has 0 aromatic carbocycles. The Kier molecular flexibility index (Phi) is 5.57. The van der Waals surface area contributed by atoms with Gasteiger partial charge in [-0.25, -0.2) is 0 Å². The molecule has 0 amide bonds. The van der Waals surface area contributed by atoms with E-state index >= 15 is 0 Å². The summed E-state index contributed by atoms with van der Waals surface area (Å²) in [5.41, 5.74) is 0.938. The molecular formula is C9H16O2. The molecule has 0 unspecified atom stereocenters. The van der Waals surface area contributed by atoms with Gasteiger partial charge in [-0.2, -0.15) is 0 Å². The van der Waals surface area contributed by atoms with Crippen molar-refractivity contribution in [2.75, 3.05) is 13.7 Å². The summed E-state index contributed by atoms with van der Waals surface area (Å²) >= 11 is 0. The van der Waals surface area contributed by atoms with E-state index in [0.717, 1.165) is 17.8 Å². The van der Waals surface area contributed by atoms with Crippen molar-refractivity contribution in [1.82, 2.24) is 0 Å². The first-order valence-electron chi connectivity index (χ1n) is 3.75. The Morgan fingerprint density at radius 3 is 2.45 bits per heavy atom. The Bertz CT molecular complexity index is 151. The Hall–Kier alpha value is -0.760. The van der Waals surface area contributed by atoms with E-state index in [1.807, 2.05) is 26.0 Å². The van der Waals surface area contributed by atoms with Crippen LogP contribution >= 0.6 is 0 Å². The molecule has 0 heterocycles. The van der Waals surface area contributed by atoms with Gasteiger partial charge in [0.25, 0.3) is 0 Å². The lowest BCUT2D eigenvalue weighted by Gasteiger charge is -1.99. The van der Waals surface area contributed by atoms with Crippen LogP contribution in [0.2, 0.25) is 0 Å². The van der Waals surface area contributed by atoms with Gasteiger partial charge in [0, 0.05) is 6.42 Å². The van der Waals surface area contributed by atoms with Gasteiger partial charge in [0.15, 0.2) is 0 Å². The van der Waals surface area contributed by atoms with Crippen LogP contribution in [0.1, 0.15) is 20.3 Å². The van der Waals surface area contributed by atoms with Crippen molar-refractivity contribution in [1.29, 1.82) is 0 Å². The number of methoxy groups -OCH3 is 1. The first-order valence-corrected chi connectivity index (χ1v) is 3.75. The third kappa shape index (κ3) is 4.62. The predicted molar refractivity (Wildman–Crippen MR) is 46.2 cm³/mol. The van der Waals surface area contributed by atoms with Gasteiger partial charge in [-0.05, 0) is 18.6 Å². The van der Waals surface area contributed by atoms with Crippen molar-refractivity contribution in [2.24, 2.45) is 0 Å². The summed E-state index contributed by atoms with van der Waals surface area (Å²) in [4.78, 5) is 0.